The van der Waals surface area contributed by atoms with E-state index in [1.54, 1.807) is 6.20 Å². The summed E-state index contributed by atoms with van der Waals surface area (Å²) in [5, 5.41) is 7.33. The molecule has 0 radical (unpaired) electrons. The Morgan fingerprint density at radius 2 is 1.93 bits per heavy atom. The monoisotopic (exact) mass is 372 g/mol. The van der Waals surface area contributed by atoms with E-state index in [1.807, 2.05) is 67.7 Å². The van der Waals surface area contributed by atoms with E-state index in [-0.39, 0.29) is 5.56 Å². The lowest BCUT2D eigenvalue weighted by atomic mass is 10.2. The summed E-state index contributed by atoms with van der Waals surface area (Å²) in [4.78, 5) is 19.0. The Labute approximate surface area is 162 Å². The fraction of sp³-hybridized carbons (Fsp3) is 0.0909. The second-order valence-electron chi connectivity index (χ2n) is 6.29. The molecule has 6 heteroatoms. The van der Waals surface area contributed by atoms with Crippen molar-refractivity contribution in [2.75, 3.05) is 17.7 Å². The van der Waals surface area contributed by atoms with Crippen molar-refractivity contribution >= 4 is 22.4 Å². The Morgan fingerprint density at radius 1 is 1.04 bits per heavy atom. The zero-order valence-corrected chi connectivity index (χ0v) is 15.4. The number of hydrogen-bond donors (Lipinski definition) is 3. The van der Waals surface area contributed by atoms with Gasteiger partial charge < -0.3 is 20.4 Å². The Morgan fingerprint density at radius 3 is 2.82 bits per heavy atom. The van der Waals surface area contributed by atoms with Crippen LogP contribution in [-0.2, 0) is 6.54 Å². The van der Waals surface area contributed by atoms with Gasteiger partial charge in [-0.1, -0.05) is 24.3 Å². The van der Waals surface area contributed by atoms with E-state index in [0.717, 1.165) is 28.0 Å². The smallest absolute Gasteiger partial charge is 0.252 e. The zero-order chi connectivity index (χ0) is 19.3. The average molecular weight is 372 g/mol. The number of pyridine rings is 2. The summed E-state index contributed by atoms with van der Waals surface area (Å²) in [7, 11) is 1.85. The fourth-order valence-electron chi connectivity index (χ4n) is 3.06. The SMILES string of the molecule is CNc1ncccc1CNc1cccc(Oc2cc(=O)[nH]c3ccccc23)c1. The number of H-pyrrole nitrogens is 1. The number of fused-ring (bicyclic) bond motifs is 1. The van der Waals surface area contributed by atoms with E-state index in [0.29, 0.717) is 18.0 Å². The molecule has 4 aromatic rings. The molecule has 0 aliphatic carbocycles. The molecule has 2 heterocycles. The summed E-state index contributed by atoms with van der Waals surface area (Å²) in [6.07, 6.45) is 1.76. The van der Waals surface area contributed by atoms with E-state index in [1.165, 1.54) is 6.07 Å². The summed E-state index contributed by atoms with van der Waals surface area (Å²) >= 11 is 0. The van der Waals surface area contributed by atoms with E-state index in [2.05, 4.69) is 20.6 Å². The molecule has 0 fully saturated rings. The third-order valence-electron chi connectivity index (χ3n) is 4.39. The molecule has 2 aromatic heterocycles. The van der Waals surface area contributed by atoms with Crippen LogP contribution in [0.15, 0.2) is 77.7 Å². The van der Waals surface area contributed by atoms with Gasteiger partial charge in [-0.25, -0.2) is 4.98 Å². The van der Waals surface area contributed by atoms with Crippen LogP contribution in [0.25, 0.3) is 10.9 Å². The third kappa shape index (κ3) is 3.81. The molecule has 0 bridgehead atoms. The summed E-state index contributed by atoms with van der Waals surface area (Å²) in [6, 6.07) is 20.6. The standard InChI is InChI=1S/C22H20N4O2/c1-23-22-15(6-5-11-24-22)14-25-16-7-4-8-17(12-16)28-20-13-21(27)26-19-10-3-2-9-18(19)20/h2-13,25H,14H2,1H3,(H,23,24)(H,26,27). The topological polar surface area (TPSA) is 79.0 Å². The molecule has 0 atom stereocenters. The van der Waals surface area contributed by atoms with Crippen LogP contribution >= 0.6 is 0 Å². The van der Waals surface area contributed by atoms with Crippen molar-refractivity contribution in [3.63, 3.8) is 0 Å². The number of benzene rings is 2. The quantitative estimate of drug-likeness (QED) is 0.468. The zero-order valence-electron chi connectivity index (χ0n) is 15.4. The predicted molar refractivity (Wildman–Crippen MR) is 112 cm³/mol. The summed E-state index contributed by atoms with van der Waals surface area (Å²) < 4.78 is 6.03. The first kappa shape index (κ1) is 17.6. The van der Waals surface area contributed by atoms with Crippen LogP contribution in [0.3, 0.4) is 0 Å². The van der Waals surface area contributed by atoms with Gasteiger partial charge >= 0.3 is 0 Å². The molecule has 0 saturated heterocycles. The highest BCUT2D eigenvalue weighted by Crippen LogP contribution is 2.29. The first-order valence-electron chi connectivity index (χ1n) is 8.98. The third-order valence-corrected chi connectivity index (χ3v) is 4.39. The molecule has 6 nitrogen and oxygen atoms in total. The number of nitrogens with zero attached hydrogens (tertiary/aromatic N) is 1. The van der Waals surface area contributed by atoms with Crippen molar-refractivity contribution in [1.82, 2.24) is 9.97 Å². The molecular weight excluding hydrogens is 352 g/mol. The molecule has 140 valence electrons. The van der Waals surface area contributed by atoms with Crippen molar-refractivity contribution in [3.8, 4) is 11.5 Å². The largest absolute Gasteiger partial charge is 0.456 e. The van der Waals surface area contributed by atoms with Gasteiger partial charge in [-0.05, 0) is 30.3 Å². The molecule has 0 unspecified atom stereocenters. The van der Waals surface area contributed by atoms with E-state index >= 15 is 0 Å². The lowest BCUT2D eigenvalue weighted by Gasteiger charge is -2.12. The van der Waals surface area contributed by atoms with Gasteiger partial charge in [0.1, 0.15) is 17.3 Å². The summed E-state index contributed by atoms with van der Waals surface area (Å²) in [5.74, 6) is 2.03. The second kappa shape index (κ2) is 7.84. The Kier molecular flexibility index (Phi) is 4.93. The first-order valence-corrected chi connectivity index (χ1v) is 8.98. The van der Waals surface area contributed by atoms with E-state index < -0.39 is 0 Å². The molecule has 0 aliphatic rings. The van der Waals surface area contributed by atoms with Gasteiger partial charge in [0.25, 0.3) is 5.56 Å². The highest BCUT2D eigenvalue weighted by Gasteiger charge is 2.07. The van der Waals surface area contributed by atoms with Crippen molar-refractivity contribution in [2.24, 2.45) is 0 Å². The van der Waals surface area contributed by atoms with Crippen LogP contribution in [0.4, 0.5) is 11.5 Å². The lowest BCUT2D eigenvalue weighted by Crippen LogP contribution is -2.05. The summed E-state index contributed by atoms with van der Waals surface area (Å²) in [5.41, 5.74) is 2.53. The minimum atomic E-state index is -0.195. The van der Waals surface area contributed by atoms with Gasteiger partial charge in [0, 0.05) is 48.6 Å². The fourth-order valence-corrected chi connectivity index (χ4v) is 3.06. The molecule has 28 heavy (non-hydrogen) atoms. The molecule has 0 amide bonds. The minimum absolute atomic E-state index is 0.195. The molecule has 0 aliphatic heterocycles. The van der Waals surface area contributed by atoms with Crippen LogP contribution in [0.1, 0.15) is 5.56 Å². The number of anilines is 2. The van der Waals surface area contributed by atoms with E-state index in [9.17, 15) is 4.79 Å². The average Bonchev–Trinajstić information content (AvgIpc) is 2.72. The maximum atomic E-state index is 11.9. The molecule has 0 spiro atoms. The number of rotatable bonds is 6. The van der Waals surface area contributed by atoms with Crippen LogP contribution in [0.5, 0.6) is 11.5 Å². The Hall–Kier alpha value is -3.80. The van der Waals surface area contributed by atoms with Crippen LogP contribution in [0, 0.1) is 0 Å². The van der Waals surface area contributed by atoms with Crippen LogP contribution < -0.4 is 20.9 Å². The maximum Gasteiger partial charge on any atom is 0.252 e. The molecule has 2 aromatic carbocycles. The predicted octanol–water partition coefficient (Wildman–Crippen LogP) is 4.37. The number of aromatic amines is 1. The van der Waals surface area contributed by atoms with Crippen LogP contribution in [0.2, 0.25) is 0 Å². The van der Waals surface area contributed by atoms with Crippen LogP contribution in [-0.4, -0.2) is 17.0 Å². The number of hydrogen-bond acceptors (Lipinski definition) is 5. The maximum absolute atomic E-state index is 11.9. The minimum Gasteiger partial charge on any atom is -0.456 e. The molecule has 4 rings (SSSR count). The van der Waals surface area contributed by atoms with Gasteiger partial charge in [-0.3, -0.25) is 4.79 Å². The Balaban J connectivity index is 1.56. The van der Waals surface area contributed by atoms with Gasteiger partial charge in [0.05, 0.1) is 5.52 Å². The molecule has 3 N–H and O–H groups in total. The number of nitrogens with one attached hydrogen (secondary N) is 3. The van der Waals surface area contributed by atoms with Crippen molar-refractivity contribution in [1.29, 1.82) is 0 Å². The Bertz CT molecular complexity index is 1170. The summed E-state index contributed by atoms with van der Waals surface area (Å²) in [6.45, 7) is 0.626. The van der Waals surface area contributed by atoms with Crippen molar-refractivity contribution in [2.45, 2.75) is 6.54 Å². The van der Waals surface area contributed by atoms with Crippen molar-refractivity contribution < 1.29 is 4.74 Å². The highest BCUT2D eigenvalue weighted by molar-refractivity contribution is 5.84. The molecular formula is C22H20N4O2. The van der Waals surface area contributed by atoms with Crippen molar-refractivity contribution in [3.05, 3.63) is 88.8 Å². The first-order chi connectivity index (χ1) is 13.7. The number of aromatic nitrogens is 2. The van der Waals surface area contributed by atoms with Gasteiger partial charge in [-0.15, -0.1) is 0 Å². The van der Waals surface area contributed by atoms with Gasteiger partial charge in [-0.2, -0.15) is 0 Å². The van der Waals surface area contributed by atoms with Gasteiger partial charge in [0.15, 0.2) is 0 Å². The normalized spacial score (nSPS) is 10.6. The highest BCUT2D eigenvalue weighted by atomic mass is 16.5. The lowest BCUT2D eigenvalue weighted by molar-refractivity contribution is 0.487. The number of ether oxygens (including phenoxy) is 1. The number of para-hydroxylation sites is 1. The van der Waals surface area contributed by atoms with E-state index in [4.69, 9.17) is 4.74 Å². The molecule has 0 saturated carbocycles. The second-order valence-corrected chi connectivity index (χ2v) is 6.29. The van der Waals surface area contributed by atoms with Gasteiger partial charge in [0.2, 0.25) is 0 Å².